The third kappa shape index (κ3) is 2.82. The number of imidazole rings is 1. The van der Waals surface area contributed by atoms with E-state index in [2.05, 4.69) is 16.9 Å². The lowest BCUT2D eigenvalue weighted by Gasteiger charge is -2.07. The van der Waals surface area contributed by atoms with E-state index in [1.807, 2.05) is 22.9 Å². The lowest BCUT2D eigenvalue weighted by atomic mass is 10.3. The Morgan fingerprint density at radius 3 is 2.88 bits per heavy atom. The predicted octanol–water partition coefficient (Wildman–Crippen LogP) is 1.34. The first-order valence-electron chi connectivity index (χ1n) is 5.61. The van der Waals surface area contributed by atoms with Crippen molar-refractivity contribution in [2.45, 2.75) is 26.6 Å². The molecule has 2 aromatic rings. The Balaban J connectivity index is 1.97. The largest absolute Gasteiger partial charge is 0.484 e. The van der Waals surface area contributed by atoms with E-state index in [0.717, 1.165) is 23.8 Å². The van der Waals surface area contributed by atoms with Gasteiger partial charge in [0, 0.05) is 25.5 Å². The standard InChI is InChI=1S/C12H16N4O/c1-2-16-6-5-14-12(16)9-17-11-4-3-10(7-13)15-8-11/h3-6,8H,2,7,9,13H2,1H3. The molecular weight excluding hydrogens is 216 g/mol. The molecule has 0 atom stereocenters. The minimum atomic E-state index is 0.445. The summed E-state index contributed by atoms with van der Waals surface area (Å²) in [5.74, 6) is 1.64. The fraction of sp³-hybridized carbons (Fsp3) is 0.333. The lowest BCUT2D eigenvalue weighted by molar-refractivity contribution is 0.288. The van der Waals surface area contributed by atoms with Crippen molar-refractivity contribution in [3.63, 3.8) is 0 Å². The van der Waals surface area contributed by atoms with Crippen LogP contribution in [0.3, 0.4) is 0 Å². The molecule has 2 N–H and O–H groups in total. The van der Waals surface area contributed by atoms with Gasteiger partial charge in [0.05, 0.1) is 11.9 Å². The summed E-state index contributed by atoms with van der Waals surface area (Å²) < 4.78 is 7.65. The minimum Gasteiger partial charge on any atom is -0.484 e. The molecule has 5 nitrogen and oxygen atoms in total. The molecule has 0 fully saturated rings. The molecule has 0 aliphatic heterocycles. The fourth-order valence-electron chi connectivity index (χ4n) is 1.53. The Hall–Kier alpha value is -1.88. The van der Waals surface area contributed by atoms with Gasteiger partial charge < -0.3 is 15.0 Å². The second-order valence-corrected chi connectivity index (χ2v) is 3.61. The van der Waals surface area contributed by atoms with E-state index in [-0.39, 0.29) is 0 Å². The Labute approximate surface area is 100 Å². The first-order valence-corrected chi connectivity index (χ1v) is 5.61. The first-order chi connectivity index (χ1) is 8.33. The summed E-state index contributed by atoms with van der Waals surface area (Å²) in [6, 6.07) is 3.73. The monoisotopic (exact) mass is 232 g/mol. The van der Waals surface area contributed by atoms with Crippen LogP contribution in [0.5, 0.6) is 5.75 Å². The molecule has 0 spiro atoms. The van der Waals surface area contributed by atoms with Crippen LogP contribution in [0.25, 0.3) is 0 Å². The van der Waals surface area contributed by atoms with Gasteiger partial charge in [-0.2, -0.15) is 0 Å². The van der Waals surface area contributed by atoms with Gasteiger partial charge in [0.1, 0.15) is 18.2 Å². The number of aryl methyl sites for hydroxylation is 1. The van der Waals surface area contributed by atoms with Gasteiger partial charge in [-0.1, -0.05) is 0 Å². The van der Waals surface area contributed by atoms with Crippen molar-refractivity contribution in [2.24, 2.45) is 5.73 Å². The molecule has 0 saturated heterocycles. The number of ether oxygens (including phenoxy) is 1. The van der Waals surface area contributed by atoms with E-state index < -0.39 is 0 Å². The zero-order valence-electron chi connectivity index (χ0n) is 9.84. The van der Waals surface area contributed by atoms with Crippen molar-refractivity contribution in [2.75, 3.05) is 0 Å². The van der Waals surface area contributed by atoms with E-state index >= 15 is 0 Å². The third-order valence-electron chi connectivity index (χ3n) is 2.52. The van der Waals surface area contributed by atoms with Crippen molar-refractivity contribution in [1.29, 1.82) is 0 Å². The molecule has 0 saturated carbocycles. The maximum atomic E-state index is 5.61. The van der Waals surface area contributed by atoms with Crippen molar-refractivity contribution in [3.05, 3.63) is 42.2 Å². The van der Waals surface area contributed by atoms with Crippen LogP contribution in [-0.2, 0) is 19.7 Å². The predicted molar refractivity (Wildman–Crippen MR) is 64.4 cm³/mol. The van der Waals surface area contributed by atoms with Gasteiger partial charge in [-0.3, -0.25) is 4.98 Å². The highest BCUT2D eigenvalue weighted by molar-refractivity contribution is 5.19. The summed E-state index contributed by atoms with van der Waals surface area (Å²) in [5.41, 5.74) is 6.33. The Kier molecular flexibility index (Phi) is 3.72. The Morgan fingerprint density at radius 2 is 2.24 bits per heavy atom. The molecule has 0 bridgehead atoms. The quantitative estimate of drug-likeness (QED) is 0.844. The average Bonchev–Trinajstić information content (AvgIpc) is 2.84. The van der Waals surface area contributed by atoms with Crippen molar-refractivity contribution >= 4 is 0 Å². The number of hydrogen-bond donors (Lipinski definition) is 1. The second kappa shape index (κ2) is 5.45. The highest BCUT2D eigenvalue weighted by Crippen LogP contribution is 2.11. The number of nitrogens with two attached hydrogens (primary N) is 1. The number of nitrogens with zero attached hydrogens (tertiary/aromatic N) is 3. The maximum absolute atomic E-state index is 5.61. The van der Waals surface area contributed by atoms with Gasteiger partial charge in [0.25, 0.3) is 0 Å². The van der Waals surface area contributed by atoms with Crippen molar-refractivity contribution < 1.29 is 4.74 Å². The average molecular weight is 232 g/mol. The van der Waals surface area contributed by atoms with Crippen LogP contribution < -0.4 is 10.5 Å². The van der Waals surface area contributed by atoms with E-state index in [1.165, 1.54) is 0 Å². The molecule has 5 heteroatoms. The molecule has 17 heavy (non-hydrogen) atoms. The molecule has 0 aliphatic carbocycles. The number of rotatable bonds is 5. The highest BCUT2D eigenvalue weighted by Gasteiger charge is 2.02. The summed E-state index contributed by atoms with van der Waals surface area (Å²) in [6.07, 6.45) is 5.40. The van der Waals surface area contributed by atoms with Gasteiger partial charge in [-0.15, -0.1) is 0 Å². The smallest absolute Gasteiger partial charge is 0.146 e. The SMILES string of the molecule is CCn1ccnc1COc1ccc(CN)nc1. The normalized spacial score (nSPS) is 10.5. The Morgan fingerprint density at radius 1 is 1.35 bits per heavy atom. The number of pyridine rings is 1. The summed E-state index contributed by atoms with van der Waals surface area (Å²) >= 11 is 0. The molecule has 0 amide bonds. The van der Waals surface area contributed by atoms with Gasteiger partial charge in [0.2, 0.25) is 0 Å². The van der Waals surface area contributed by atoms with Crippen LogP contribution in [0.1, 0.15) is 18.4 Å². The van der Waals surface area contributed by atoms with Crippen LogP contribution in [0.2, 0.25) is 0 Å². The van der Waals surface area contributed by atoms with E-state index in [0.29, 0.717) is 13.2 Å². The number of hydrogen-bond acceptors (Lipinski definition) is 4. The van der Waals surface area contributed by atoms with Crippen LogP contribution in [-0.4, -0.2) is 14.5 Å². The molecule has 2 aromatic heterocycles. The summed E-state index contributed by atoms with van der Waals surface area (Å²) in [5, 5.41) is 0. The summed E-state index contributed by atoms with van der Waals surface area (Å²) in [7, 11) is 0. The molecule has 2 rings (SSSR count). The zero-order valence-corrected chi connectivity index (χ0v) is 9.84. The van der Waals surface area contributed by atoms with Crippen molar-refractivity contribution in [1.82, 2.24) is 14.5 Å². The molecule has 0 aromatic carbocycles. The van der Waals surface area contributed by atoms with Crippen LogP contribution in [0, 0.1) is 0 Å². The van der Waals surface area contributed by atoms with Gasteiger partial charge in [0.15, 0.2) is 0 Å². The van der Waals surface area contributed by atoms with Crippen LogP contribution >= 0.6 is 0 Å². The van der Waals surface area contributed by atoms with E-state index in [4.69, 9.17) is 10.5 Å². The third-order valence-corrected chi connectivity index (χ3v) is 2.52. The fourth-order valence-corrected chi connectivity index (χ4v) is 1.53. The highest BCUT2D eigenvalue weighted by atomic mass is 16.5. The first kappa shape index (κ1) is 11.6. The second-order valence-electron chi connectivity index (χ2n) is 3.61. The molecule has 2 heterocycles. The molecule has 0 unspecified atom stereocenters. The van der Waals surface area contributed by atoms with E-state index in [9.17, 15) is 0 Å². The maximum Gasteiger partial charge on any atom is 0.146 e. The zero-order chi connectivity index (χ0) is 12.1. The van der Waals surface area contributed by atoms with Gasteiger partial charge in [-0.05, 0) is 19.1 Å². The van der Waals surface area contributed by atoms with Crippen molar-refractivity contribution in [3.8, 4) is 5.75 Å². The molecular formula is C12H16N4O. The van der Waals surface area contributed by atoms with Crippen LogP contribution in [0.4, 0.5) is 0 Å². The lowest BCUT2D eigenvalue weighted by Crippen LogP contribution is -2.06. The van der Waals surface area contributed by atoms with Gasteiger partial charge in [-0.25, -0.2) is 4.98 Å². The van der Waals surface area contributed by atoms with E-state index in [1.54, 1.807) is 12.4 Å². The summed E-state index contributed by atoms with van der Waals surface area (Å²) in [6.45, 7) is 3.86. The number of aromatic nitrogens is 3. The molecule has 0 aliphatic rings. The summed E-state index contributed by atoms with van der Waals surface area (Å²) in [4.78, 5) is 8.40. The minimum absolute atomic E-state index is 0.445. The van der Waals surface area contributed by atoms with Crippen LogP contribution in [0.15, 0.2) is 30.7 Å². The molecule has 0 radical (unpaired) electrons. The Bertz CT molecular complexity index is 464. The molecule has 90 valence electrons. The van der Waals surface area contributed by atoms with Gasteiger partial charge >= 0.3 is 0 Å². The topological polar surface area (TPSA) is 66.0 Å².